The Hall–Kier alpha value is -2.77. The highest BCUT2D eigenvalue weighted by Gasteiger charge is 2.20. The van der Waals surface area contributed by atoms with Crippen molar-refractivity contribution in [2.75, 3.05) is 6.54 Å². The quantitative estimate of drug-likeness (QED) is 0.392. The predicted octanol–water partition coefficient (Wildman–Crippen LogP) is 4.96. The molecule has 1 amide bonds. The summed E-state index contributed by atoms with van der Waals surface area (Å²) in [6, 6.07) is 15.4. The molecule has 4 aromatic rings. The van der Waals surface area contributed by atoms with E-state index in [-0.39, 0.29) is 5.91 Å². The van der Waals surface area contributed by atoms with E-state index in [0.717, 1.165) is 28.2 Å². The number of carbonyl (C=O) groups is 1. The van der Waals surface area contributed by atoms with Gasteiger partial charge in [-0.3, -0.25) is 4.79 Å². The Labute approximate surface area is 183 Å². The van der Waals surface area contributed by atoms with Crippen molar-refractivity contribution in [1.82, 2.24) is 20.1 Å². The molecule has 0 aliphatic rings. The number of nitrogens with one attached hydrogen (secondary N) is 1. The number of benzene rings is 2. The molecule has 30 heavy (non-hydrogen) atoms. The molecule has 4 rings (SSSR count). The fourth-order valence-electron chi connectivity index (χ4n) is 3.22. The summed E-state index contributed by atoms with van der Waals surface area (Å²) >= 11 is 7.61. The number of aryl methyl sites for hydroxylation is 1. The number of para-hydroxylation sites is 1. The van der Waals surface area contributed by atoms with Gasteiger partial charge in [0.15, 0.2) is 5.76 Å². The molecule has 0 spiro atoms. The minimum atomic E-state index is -0.222. The van der Waals surface area contributed by atoms with E-state index in [4.69, 9.17) is 16.0 Å². The molecule has 2 aromatic heterocycles. The molecule has 0 unspecified atom stereocenters. The minimum Gasteiger partial charge on any atom is -0.451 e. The fraction of sp³-hybridized carbons (Fsp3) is 0.227. The number of hydrogen-bond donors (Lipinski definition) is 1. The maximum Gasteiger partial charge on any atom is 0.287 e. The molecule has 1 N–H and O–H groups in total. The number of amides is 1. The maximum atomic E-state index is 12.9. The van der Waals surface area contributed by atoms with Crippen molar-refractivity contribution in [1.29, 1.82) is 0 Å². The Kier molecular flexibility index (Phi) is 6.40. The van der Waals surface area contributed by atoms with E-state index in [9.17, 15) is 4.79 Å². The number of fused-ring (bicyclic) bond motifs is 1. The first-order valence-corrected chi connectivity index (χ1v) is 11.1. The van der Waals surface area contributed by atoms with Crippen molar-refractivity contribution in [3.63, 3.8) is 0 Å². The van der Waals surface area contributed by atoms with Crippen LogP contribution in [0.3, 0.4) is 0 Å². The lowest BCUT2D eigenvalue weighted by Gasteiger charge is -2.07. The van der Waals surface area contributed by atoms with Gasteiger partial charge in [0.1, 0.15) is 17.7 Å². The van der Waals surface area contributed by atoms with E-state index in [0.29, 0.717) is 35.1 Å². The zero-order chi connectivity index (χ0) is 20.9. The summed E-state index contributed by atoms with van der Waals surface area (Å²) in [5.41, 5.74) is 1.60. The molecule has 0 saturated heterocycles. The highest BCUT2D eigenvalue weighted by molar-refractivity contribution is 7.98. The molecule has 2 aromatic carbocycles. The van der Waals surface area contributed by atoms with Crippen LogP contribution in [0.1, 0.15) is 28.9 Å². The summed E-state index contributed by atoms with van der Waals surface area (Å²) in [5, 5.41) is 12.6. The van der Waals surface area contributed by atoms with Gasteiger partial charge in [0.25, 0.3) is 5.91 Å². The summed E-state index contributed by atoms with van der Waals surface area (Å²) in [5.74, 6) is 1.60. The number of halogens is 1. The van der Waals surface area contributed by atoms with Crippen LogP contribution in [0.15, 0.2) is 64.2 Å². The molecule has 0 bridgehead atoms. The van der Waals surface area contributed by atoms with Crippen molar-refractivity contribution in [2.45, 2.75) is 30.5 Å². The summed E-state index contributed by atoms with van der Waals surface area (Å²) in [6.45, 7) is 3.29. The maximum absolute atomic E-state index is 12.9. The van der Waals surface area contributed by atoms with Crippen molar-refractivity contribution in [3.8, 4) is 0 Å². The van der Waals surface area contributed by atoms with E-state index >= 15 is 0 Å². The number of furan rings is 1. The first-order valence-electron chi connectivity index (χ1n) is 9.69. The summed E-state index contributed by atoms with van der Waals surface area (Å²) in [7, 11) is 0. The van der Waals surface area contributed by atoms with Gasteiger partial charge in [-0.25, -0.2) is 0 Å². The highest BCUT2D eigenvalue weighted by atomic mass is 35.5. The number of hydrogen-bond acceptors (Lipinski definition) is 5. The number of aromatic nitrogens is 3. The Morgan fingerprint density at radius 3 is 2.80 bits per heavy atom. The molecule has 154 valence electrons. The summed E-state index contributed by atoms with van der Waals surface area (Å²) < 4.78 is 7.88. The van der Waals surface area contributed by atoms with Crippen LogP contribution in [0.5, 0.6) is 0 Å². The smallest absolute Gasteiger partial charge is 0.287 e. The normalized spacial score (nSPS) is 11.1. The monoisotopic (exact) mass is 440 g/mol. The highest BCUT2D eigenvalue weighted by Crippen LogP contribution is 2.32. The first kappa shape index (κ1) is 20.5. The van der Waals surface area contributed by atoms with Crippen LogP contribution >= 0.6 is 23.4 Å². The minimum absolute atomic E-state index is 0.222. The largest absolute Gasteiger partial charge is 0.451 e. The lowest BCUT2D eigenvalue weighted by Crippen LogP contribution is -2.26. The van der Waals surface area contributed by atoms with Crippen molar-refractivity contribution in [2.24, 2.45) is 0 Å². The van der Waals surface area contributed by atoms with E-state index in [2.05, 4.69) is 15.5 Å². The molecule has 0 atom stereocenters. The lowest BCUT2D eigenvalue weighted by atomic mass is 10.1. The SMILES string of the molecule is CCn1cnnc1CCNC(=O)c1oc2ccccc2c1CSc1ccc(Cl)cc1. The van der Waals surface area contributed by atoms with Crippen LogP contribution in [0.4, 0.5) is 0 Å². The van der Waals surface area contributed by atoms with Gasteiger partial charge in [-0.2, -0.15) is 0 Å². The molecule has 0 aliphatic heterocycles. The number of thioether (sulfide) groups is 1. The Morgan fingerprint density at radius 2 is 2.00 bits per heavy atom. The average Bonchev–Trinajstić information content (AvgIpc) is 3.37. The summed E-state index contributed by atoms with van der Waals surface area (Å²) in [4.78, 5) is 14.0. The molecule has 8 heteroatoms. The topological polar surface area (TPSA) is 73.0 Å². The first-order chi connectivity index (χ1) is 14.7. The molecule has 0 aliphatic carbocycles. The molecular weight excluding hydrogens is 420 g/mol. The average molecular weight is 441 g/mol. The molecule has 0 fully saturated rings. The molecule has 6 nitrogen and oxygen atoms in total. The van der Waals surface area contributed by atoms with Gasteiger partial charge in [-0.05, 0) is 37.3 Å². The lowest BCUT2D eigenvalue weighted by molar-refractivity contribution is 0.0927. The van der Waals surface area contributed by atoms with E-state index in [1.807, 2.05) is 60.0 Å². The van der Waals surface area contributed by atoms with Crippen LogP contribution < -0.4 is 5.32 Å². The van der Waals surface area contributed by atoms with Crippen LogP contribution in [0.2, 0.25) is 5.02 Å². The van der Waals surface area contributed by atoms with Gasteiger partial charge >= 0.3 is 0 Å². The standard InChI is InChI=1S/C22H21ClN4O2S/c1-2-27-14-25-26-20(27)11-12-24-22(28)21-18(17-5-3-4-6-19(17)29-21)13-30-16-9-7-15(23)8-10-16/h3-10,14H,2,11-13H2,1H3,(H,24,28). The van der Waals surface area contributed by atoms with Crippen molar-refractivity contribution >= 4 is 40.2 Å². The van der Waals surface area contributed by atoms with Gasteiger partial charge in [-0.15, -0.1) is 22.0 Å². The fourth-order valence-corrected chi connectivity index (χ4v) is 4.27. The number of carbonyl (C=O) groups excluding carboxylic acids is 1. The molecule has 0 saturated carbocycles. The van der Waals surface area contributed by atoms with Gasteiger partial charge in [0.2, 0.25) is 0 Å². The third-order valence-corrected chi connectivity index (χ3v) is 6.06. The van der Waals surface area contributed by atoms with Gasteiger partial charge < -0.3 is 14.3 Å². The van der Waals surface area contributed by atoms with Gasteiger partial charge in [-0.1, -0.05) is 29.8 Å². The number of rotatable bonds is 8. The molecule has 0 radical (unpaired) electrons. The van der Waals surface area contributed by atoms with Gasteiger partial charge in [0.05, 0.1) is 0 Å². The van der Waals surface area contributed by atoms with Crippen molar-refractivity contribution in [3.05, 3.63) is 77.0 Å². The third-order valence-electron chi connectivity index (χ3n) is 4.77. The van der Waals surface area contributed by atoms with Gasteiger partial charge in [0, 0.05) is 46.1 Å². The zero-order valence-corrected chi connectivity index (χ0v) is 18.0. The Bertz CT molecular complexity index is 1150. The van der Waals surface area contributed by atoms with Crippen LogP contribution in [0.25, 0.3) is 11.0 Å². The molecular formula is C22H21ClN4O2S. The van der Waals surface area contributed by atoms with E-state index in [1.165, 1.54) is 0 Å². The van der Waals surface area contributed by atoms with E-state index < -0.39 is 0 Å². The Balaban J connectivity index is 1.50. The second-order valence-electron chi connectivity index (χ2n) is 6.69. The summed E-state index contributed by atoms with van der Waals surface area (Å²) in [6.07, 6.45) is 2.30. The third kappa shape index (κ3) is 4.52. The predicted molar refractivity (Wildman–Crippen MR) is 119 cm³/mol. The number of nitrogens with zero attached hydrogens (tertiary/aromatic N) is 3. The second kappa shape index (κ2) is 9.36. The van der Waals surface area contributed by atoms with Crippen LogP contribution in [-0.2, 0) is 18.7 Å². The van der Waals surface area contributed by atoms with Crippen molar-refractivity contribution < 1.29 is 9.21 Å². The zero-order valence-electron chi connectivity index (χ0n) is 16.5. The van der Waals surface area contributed by atoms with E-state index in [1.54, 1.807) is 18.1 Å². The van der Waals surface area contributed by atoms with Crippen LogP contribution in [0, 0.1) is 0 Å². The molecule has 2 heterocycles. The second-order valence-corrected chi connectivity index (χ2v) is 8.17. The van der Waals surface area contributed by atoms with Crippen LogP contribution in [-0.4, -0.2) is 27.2 Å². The Morgan fingerprint density at radius 1 is 1.20 bits per heavy atom.